The molecule has 2 amide bonds. The van der Waals surface area contributed by atoms with Crippen LogP contribution < -0.4 is 0 Å². The zero-order valence-electron chi connectivity index (χ0n) is 10.8. The summed E-state index contributed by atoms with van der Waals surface area (Å²) in [5.41, 5.74) is 0.814. The van der Waals surface area contributed by atoms with Crippen molar-refractivity contribution in [1.82, 2.24) is 4.90 Å². The lowest BCUT2D eigenvalue weighted by atomic mass is 9.89. The standard InChI is InChI=1S/C15H15NO4/c17-8-9-5-6-10(7-13(9)18)16-14(19)11-3-1-2-4-12(11)15(16)20/h1-6,9-10,13,17-18H,7-8H2/t9-,10-,13+/m1/s1. The lowest BCUT2D eigenvalue weighted by Gasteiger charge is -2.31. The SMILES string of the molecule is O=C1c2ccccc2C(=O)N1[C@@H]1C=C[C@H](CO)[C@@H](O)C1. The highest BCUT2D eigenvalue weighted by Crippen LogP contribution is 2.29. The van der Waals surface area contributed by atoms with E-state index in [1.165, 1.54) is 4.90 Å². The Kier molecular flexibility index (Phi) is 3.16. The molecule has 3 rings (SSSR count). The van der Waals surface area contributed by atoms with E-state index in [1.807, 2.05) is 0 Å². The maximum Gasteiger partial charge on any atom is 0.262 e. The summed E-state index contributed by atoms with van der Waals surface area (Å²) in [5.74, 6) is -0.980. The van der Waals surface area contributed by atoms with Crippen LogP contribution in [0.3, 0.4) is 0 Å². The Morgan fingerprint density at radius 2 is 1.70 bits per heavy atom. The molecule has 0 fully saturated rings. The number of carbonyl (C=O) groups is 2. The van der Waals surface area contributed by atoms with E-state index >= 15 is 0 Å². The molecule has 0 radical (unpaired) electrons. The van der Waals surface area contributed by atoms with E-state index in [0.29, 0.717) is 11.1 Å². The van der Waals surface area contributed by atoms with Crippen LogP contribution in [-0.4, -0.2) is 45.7 Å². The Hall–Kier alpha value is -1.98. The van der Waals surface area contributed by atoms with Crippen molar-refractivity contribution < 1.29 is 19.8 Å². The molecule has 3 atom stereocenters. The van der Waals surface area contributed by atoms with Crippen LogP contribution in [-0.2, 0) is 0 Å². The molecule has 5 nitrogen and oxygen atoms in total. The lowest BCUT2D eigenvalue weighted by Crippen LogP contribution is -2.44. The van der Waals surface area contributed by atoms with Gasteiger partial charge in [0.1, 0.15) is 0 Å². The van der Waals surface area contributed by atoms with Crippen LogP contribution in [0.15, 0.2) is 36.4 Å². The Balaban J connectivity index is 1.91. The molecular formula is C15H15NO4. The van der Waals surface area contributed by atoms with Crippen LogP contribution in [0.4, 0.5) is 0 Å². The monoisotopic (exact) mass is 273 g/mol. The second-order valence-electron chi connectivity index (χ2n) is 5.13. The van der Waals surface area contributed by atoms with E-state index < -0.39 is 12.1 Å². The number of fused-ring (bicyclic) bond motifs is 1. The molecule has 1 aromatic carbocycles. The molecule has 5 heteroatoms. The molecule has 0 bridgehead atoms. The van der Waals surface area contributed by atoms with Crippen LogP contribution in [0.5, 0.6) is 0 Å². The highest BCUT2D eigenvalue weighted by molar-refractivity contribution is 6.21. The van der Waals surface area contributed by atoms with Crippen LogP contribution >= 0.6 is 0 Å². The molecule has 0 saturated carbocycles. The quantitative estimate of drug-likeness (QED) is 0.610. The Bertz CT molecular complexity index is 560. The normalized spacial score (nSPS) is 28.9. The Labute approximate surface area is 116 Å². The smallest absolute Gasteiger partial charge is 0.262 e. The number of amides is 2. The minimum absolute atomic E-state index is 0.146. The summed E-state index contributed by atoms with van der Waals surface area (Å²) in [7, 11) is 0. The van der Waals surface area contributed by atoms with Gasteiger partial charge in [-0.05, 0) is 18.6 Å². The molecule has 0 aromatic heterocycles. The molecule has 2 N–H and O–H groups in total. The zero-order valence-corrected chi connectivity index (χ0v) is 10.8. The molecule has 1 aliphatic heterocycles. The summed E-state index contributed by atoms with van der Waals surface area (Å²) in [6.45, 7) is -0.146. The first-order valence-corrected chi connectivity index (χ1v) is 6.57. The van der Waals surface area contributed by atoms with E-state index in [9.17, 15) is 14.7 Å². The largest absolute Gasteiger partial charge is 0.396 e. The van der Waals surface area contributed by atoms with Crippen LogP contribution in [0.2, 0.25) is 0 Å². The fourth-order valence-corrected chi connectivity index (χ4v) is 2.78. The summed E-state index contributed by atoms with van der Waals surface area (Å²) in [5, 5.41) is 19.0. The van der Waals surface area contributed by atoms with Crippen molar-refractivity contribution in [2.75, 3.05) is 6.61 Å². The first-order valence-electron chi connectivity index (χ1n) is 6.57. The number of nitrogens with zero attached hydrogens (tertiary/aromatic N) is 1. The molecule has 0 unspecified atom stereocenters. The molecule has 1 heterocycles. The van der Waals surface area contributed by atoms with Crippen LogP contribution in [0, 0.1) is 5.92 Å². The van der Waals surface area contributed by atoms with Crippen LogP contribution in [0.25, 0.3) is 0 Å². The highest BCUT2D eigenvalue weighted by atomic mass is 16.3. The number of benzene rings is 1. The van der Waals surface area contributed by atoms with Gasteiger partial charge in [0, 0.05) is 5.92 Å². The van der Waals surface area contributed by atoms with Crippen molar-refractivity contribution in [3.8, 4) is 0 Å². The molecule has 1 aliphatic carbocycles. The number of aliphatic hydroxyl groups excluding tert-OH is 2. The van der Waals surface area contributed by atoms with Crippen molar-refractivity contribution in [1.29, 1.82) is 0 Å². The Morgan fingerprint density at radius 1 is 1.10 bits per heavy atom. The van der Waals surface area contributed by atoms with Gasteiger partial charge in [0.2, 0.25) is 0 Å². The lowest BCUT2D eigenvalue weighted by molar-refractivity contribution is 0.0426. The number of aliphatic hydroxyl groups is 2. The van der Waals surface area contributed by atoms with Gasteiger partial charge in [-0.1, -0.05) is 24.3 Å². The number of hydrogen-bond donors (Lipinski definition) is 2. The third-order valence-corrected chi connectivity index (χ3v) is 3.93. The Morgan fingerprint density at radius 3 is 2.20 bits per heavy atom. The third-order valence-electron chi connectivity index (χ3n) is 3.93. The van der Waals surface area contributed by atoms with Crippen LogP contribution in [0.1, 0.15) is 27.1 Å². The molecule has 104 valence electrons. The van der Waals surface area contributed by atoms with E-state index in [2.05, 4.69) is 0 Å². The minimum Gasteiger partial charge on any atom is -0.396 e. The van der Waals surface area contributed by atoms with Crippen molar-refractivity contribution in [3.63, 3.8) is 0 Å². The number of imide groups is 1. The summed E-state index contributed by atoms with van der Waals surface area (Å²) in [6.07, 6.45) is 2.89. The molecule has 0 spiro atoms. The molecule has 20 heavy (non-hydrogen) atoms. The summed E-state index contributed by atoms with van der Waals surface area (Å²) in [4.78, 5) is 25.8. The number of rotatable bonds is 2. The second-order valence-corrected chi connectivity index (χ2v) is 5.13. The molecule has 2 aliphatic rings. The average molecular weight is 273 g/mol. The average Bonchev–Trinajstić information content (AvgIpc) is 2.71. The van der Waals surface area contributed by atoms with E-state index in [-0.39, 0.29) is 30.8 Å². The maximum atomic E-state index is 12.3. The summed E-state index contributed by atoms with van der Waals surface area (Å²) < 4.78 is 0. The first kappa shape index (κ1) is 13.0. The first-order chi connectivity index (χ1) is 9.63. The molecular weight excluding hydrogens is 258 g/mol. The second kappa shape index (κ2) is 4.85. The van der Waals surface area contributed by atoms with Crippen molar-refractivity contribution in [2.24, 2.45) is 5.92 Å². The van der Waals surface area contributed by atoms with Gasteiger partial charge >= 0.3 is 0 Å². The van der Waals surface area contributed by atoms with Crippen molar-refractivity contribution in [3.05, 3.63) is 47.5 Å². The molecule has 0 saturated heterocycles. The van der Waals surface area contributed by atoms with E-state index in [1.54, 1.807) is 36.4 Å². The van der Waals surface area contributed by atoms with Gasteiger partial charge in [0.25, 0.3) is 11.8 Å². The van der Waals surface area contributed by atoms with Gasteiger partial charge in [-0.25, -0.2) is 0 Å². The van der Waals surface area contributed by atoms with Crippen molar-refractivity contribution in [2.45, 2.75) is 18.6 Å². The van der Waals surface area contributed by atoms with E-state index in [0.717, 1.165) is 0 Å². The van der Waals surface area contributed by atoms with Gasteiger partial charge in [-0.2, -0.15) is 0 Å². The maximum absolute atomic E-state index is 12.3. The van der Waals surface area contributed by atoms with Crippen molar-refractivity contribution >= 4 is 11.8 Å². The van der Waals surface area contributed by atoms with Gasteiger partial charge in [0.15, 0.2) is 0 Å². The van der Waals surface area contributed by atoms with E-state index in [4.69, 9.17) is 5.11 Å². The highest BCUT2D eigenvalue weighted by Gasteiger charge is 2.41. The zero-order chi connectivity index (χ0) is 14.3. The predicted molar refractivity (Wildman–Crippen MR) is 71.1 cm³/mol. The van der Waals surface area contributed by atoms with Gasteiger partial charge in [0.05, 0.1) is 29.9 Å². The topological polar surface area (TPSA) is 77.8 Å². The fourth-order valence-electron chi connectivity index (χ4n) is 2.78. The van der Waals surface area contributed by atoms with Gasteiger partial charge in [-0.3, -0.25) is 14.5 Å². The third kappa shape index (κ3) is 1.87. The predicted octanol–water partition coefficient (Wildman–Crippen LogP) is 0.581. The fraction of sp³-hybridized carbons (Fsp3) is 0.333. The van der Waals surface area contributed by atoms with Gasteiger partial charge in [-0.15, -0.1) is 0 Å². The number of hydrogen-bond acceptors (Lipinski definition) is 4. The summed E-state index contributed by atoms with van der Waals surface area (Å²) >= 11 is 0. The minimum atomic E-state index is -0.751. The molecule has 1 aromatic rings. The number of carbonyl (C=O) groups excluding carboxylic acids is 2. The van der Waals surface area contributed by atoms with Gasteiger partial charge < -0.3 is 10.2 Å². The summed E-state index contributed by atoms with van der Waals surface area (Å²) in [6, 6.07) is 6.26.